The van der Waals surface area contributed by atoms with Gasteiger partial charge in [0, 0.05) is 0 Å². The van der Waals surface area contributed by atoms with E-state index in [9.17, 15) is 9.59 Å². The zero-order valence-corrected chi connectivity index (χ0v) is 11.2. The fourth-order valence-electron chi connectivity index (χ4n) is 2.40. The fourth-order valence-corrected chi connectivity index (χ4v) is 2.40. The van der Waals surface area contributed by atoms with Crippen molar-refractivity contribution in [3.8, 4) is 0 Å². The van der Waals surface area contributed by atoms with Crippen molar-refractivity contribution in [3.63, 3.8) is 0 Å². The van der Waals surface area contributed by atoms with Crippen LogP contribution in [0.5, 0.6) is 0 Å². The van der Waals surface area contributed by atoms with Gasteiger partial charge >= 0.3 is 11.9 Å². The standard InChI is InChI=1S/C18H12O3/c1-2-12-8-6-7-11-14(12)16-15(17(19)21-18(16)20)13-9-4-3-5-10-13/h2-11H,1H2. The molecule has 3 heteroatoms. The number of hydrogen-bond donors (Lipinski definition) is 0. The highest BCUT2D eigenvalue weighted by Crippen LogP contribution is 2.35. The lowest BCUT2D eigenvalue weighted by Gasteiger charge is -2.06. The molecule has 1 aliphatic rings. The van der Waals surface area contributed by atoms with Crippen molar-refractivity contribution >= 4 is 29.2 Å². The Balaban J connectivity index is 2.29. The molecule has 0 N–H and O–H groups in total. The molecular formula is C18H12O3. The lowest BCUT2D eigenvalue weighted by Crippen LogP contribution is -2.02. The second kappa shape index (κ2) is 5.21. The minimum atomic E-state index is -0.617. The van der Waals surface area contributed by atoms with Crippen LogP contribution in [0.15, 0.2) is 61.2 Å². The summed E-state index contributed by atoms with van der Waals surface area (Å²) >= 11 is 0. The fraction of sp³-hybridized carbons (Fsp3) is 0. The Bertz CT molecular complexity index is 770. The normalized spacial score (nSPS) is 14.3. The molecule has 0 amide bonds. The highest BCUT2D eigenvalue weighted by molar-refractivity contribution is 6.45. The van der Waals surface area contributed by atoms with Crippen LogP contribution >= 0.6 is 0 Å². The Morgan fingerprint density at radius 2 is 1.43 bits per heavy atom. The van der Waals surface area contributed by atoms with E-state index in [4.69, 9.17) is 4.74 Å². The number of benzene rings is 2. The molecule has 0 saturated heterocycles. The Hall–Kier alpha value is -2.94. The molecular weight excluding hydrogens is 264 g/mol. The summed E-state index contributed by atoms with van der Waals surface area (Å²) in [6, 6.07) is 16.3. The summed E-state index contributed by atoms with van der Waals surface area (Å²) in [6.07, 6.45) is 1.65. The van der Waals surface area contributed by atoms with Crippen LogP contribution in [0, 0.1) is 0 Å². The van der Waals surface area contributed by atoms with Gasteiger partial charge in [0.05, 0.1) is 11.1 Å². The summed E-state index contributed by atoms with van der Waals surface area (Å²) in [4.78, 5) is 24.1. The van der Waals surface area contributed by atoms with Crippen LogP contribution in [0.1, 0.15) is 16.7 Å². The van der Waals surface area contributed by atoms with E-state index in [0.29, 0.717) is 22.3 Å². The molecule has 0 aliphatic carbocycles. The van der Waals surface area contributed by atoms with Crippen molar-refractivity contribution in [1.29, 1.82) is 0 Å². The van der Waals surface area contributed by atoms with E-state index in [1.807, 2.05) is 36.4 Å². The average molecular weight is 276 g/mol. The molecule has 0 aromatic heterocycles. The van der Waals surface area contributed by atoms with Gasteiger partial charge in [-0.3, -0.25) is 0 Å². The first-order valence-electron chi connectivity index (χ1n) is 6.50. The molecule has 1 aliphatic heterocycles. The van der Waals surface area contributed by atoms with Gasteiger partial charge in [-0.2, -0.15) is 0 Å². The van der Waals surface area contributed by atoms with Gasteiger partial charge in [-0.05, 0) is 16.7 Å². The van der Waals surface area contributed by atoms with Gasteiger partial charge in [0.2, 0.25) is 0 Å². The van der Waals surface area contributed by atoms with Gasteiger partial charge in [-0.1, -0.05) is 67.3 Å². The number of hydrogen-bond acceptors (Lipinski definition) is 3. The molecule has 0 spiro atoms. The third-order valence-corrected chi connectivity index (χ3v) is 3.36. The number of esters is 2. The monoisotopic (exact) mass is 276 g/mol. The van der Waals surface area contributed by atoms with Crippen molar-refractivity contribution in [2.75, 3.05) is 0 Å². The zero-order chi connectivity index (χ0) is 14.8. The summed E-state index contributed by atoms with van der Waals surface area (Å²) < 4.78 is 4.81. The maximum absolute atomic E-state index is 12.1. The van der Waals surface area contributed by atoms with Crippen molar-refractivity contribution < 1.29 is 14.3 Å². The van der Waals surface area contributed by atoms with Gasteiger partial charge in [0.25, 0.3) is 0 Å². The van der Waals surface area contributed by atoms with Gasteiger partial charge in [-0.15, -0.1) is 0 Å². The summed E-state index contributed by atoms with van der Waals surface area (Å²) in [5.41, 5.74) is 2.70. The summed E-state index contributed by atoms with van der Waals surface area (Å²) in [7, 11) is 0. The van der Waals surface area contributed by atoms with Gasteiger partial charge in [-0.25, -0.2) is 9.59 Å². The predicted molar refractivity (Wildman–Crippen MR) is 80.9 cm³/mol. The molecule has 102 valence electrons. The van der Waals surface area contributed by atoms with Crippen LogP contribution in [-0.2, 0) is 14.3 Å². The third kappa shape index (κ3) is 2.19. The van der Waals surface area contributed by atoms with Crippen LogP contribution < -0.4 is 0 Å². The van der Waals surface area contributed by atoms with E-state index >= 15 is 0 Å². The van der Waals surface area contributed by atoms with E-state index in [1.54, 1.807) is 24.3 Å². The molecule has 21 heavy (non-hydrogen) atoms. The number of carbonyl (C=O) groups is 2. The Morgan fingerprint density at radius 3 is 2.14 bits per heavy atom. The Morgan fingerprint density at radius 1 is 0.810 bits per heavy atom. The Labute approximate surface area is 122 Å². The zero-order valence-electron chi connectivity index (χ0n) is 11.2. The average Bonchev–Trinajstić information content (AvgIpc) is 2.82. The largest absolute Gasteiger partial charge is 0.386 e. The third-order valence-electron chi connectivity index (χ3n) is 3.36. The molecule has 0 atom stereocenters. The SMILES string of the molecule is C=Cc1ccccc1C1=C(c2ccccc2)C(=O)OC1=O. The van der Waals surface area contributed by atoms with Crippen LogP contribution in [0.3, 0.4) is 0 Å². The molecule has 0 unspecified atom stereocenters. The number of ether oxygens (including phenoxy) is 1. The maximum atomic E-state index is 12.1. The second-order valence-electron chi connectivity index (χ2n) is 4.58. The van der Waals surface area contributed by atoms with Crippen LogP contribution in [0.2, 0.25) is 0 Å². The molecule has 2 aromatic carbocycles. The molecule has 3 rings (SSSR count). The molecule has 0 fully saturated rings. The number of carbonyl (C=O) groups excluding carboxylic acids is 2. The molecule has 3 nitrogen and oxygen atoms in total. The van der Waals surface area contributed by atoms with Crippen LogP contribution in [0.4, 0.5) is 0 Å². The lowest BCUT2D eigenvalue weighted by molar-refractivity contribution is -0.149. The minimum Gasteiger partial charge on any atom is -0.386 e. The summed E-state index contributed by atoms with van der Waals surface area (Å²) in [6.45, 7) is 3.75. The topological polar surface area (TPSA) is 43.4 Å². The minimum absolute atomic E-state index is 0.293. The molecule has 0 bridgehead atoms. The first kappa shape index (κ1) is 13.1. The molecule has 2 aromatic rings. The van der Waals surface area contributed by atoms with Crippen molar-refractivity contribution in [1.82, 2.24) is 0 Å². The van der Waals surface area contributed by atoms with Crippen molar-refractivity contribution in [3.05, 3.63) is 77.9 Å². The van der Waals surface area contributed by atoms with Crippen molar-refractivity contribution in [2.24, 2.45) is 0 Å². The first-order valence-corrected chi connectivity index (χ1v) is 6.50. The van der Waals surface area contributed by atoms with Crippen LogP contribution in [-0.4, -0.2) is 11.9 Å². The second-order valence-corrected chi connectivity index (χ2v) is 4.58. The molecule has 1 heterocycles. The summed E-state index contributed by atoms with van der Waals surface area (Å²) in [5, 5.41) is 0. The quantitative estimate of drug-likeness (QED) is 0.638. The van der Waals surface area contributed by atoms with Gasteiger partial charge < -0.3 is 4.74 Å². The van der Waals surface area contributed by atoms with E-state index in [0.717, 1.165) is 5.56 Å². The lowest BCUT2D eigenvalue weighted by atomic mass is 9.93. The van der Waals surface area contributed by atoms with Gasteiger partial charge in [0.15, 0.2) is 0 Å². The maximum Gasteiger partial charge on any atom is 0.347 e. The van der Waals surface area contributed by atoms with Gasteiger partial charge in [0.1, 0.15) is 0 Å². The first-order chi connectivity index (χ1) is 10.2. The van der Waals surface area contributed by atoms with E-state index in [-0.39, 0.29) is 0 Å². The van der Waals surface area contributed by atoms with E-state index in [2.05, 4.69) is 6.58 Å². The highest BCUT2D eigenvalue weighted by atomic mass is 16.6. The van der Waals surface area contributed by atoms with Crippen molar-refractivity contribution in [2.45, 2.75) is 0 Å². The number of cyclic esters (lactones) is 2. The smallest absolute Gasteiger partial charge is 0.347 e. The predicted octanol–water partition coefficient (Wildman–Crippen LogP) is 3.32. The molecule has 0 saturated carbocycles. The van der Waals surface area contributed by atoms with Crippen LogP contribution in [0.25, 0.3) is 17.2 Å². The summed E-state index contributed by atoms with van der Waals surface area (Å²) in [5.74, 6) is -1.23. The number of rotatable bonds is 3. The Kier molecular flexibility index (Phi) is 3.24. The molecule has 0 radical (unpaired) electrons. The van der Waals surface area contributed by atoms with E-state index in [1.165, 1.54) is 0 Å². The van der Waals surface area contributed by atoms with E-state index < -0.39 is 11.9 Å². The highest BCUT2D eigenvalue weighted by Gasteiger charge is 2.35.